The summed E-state index contributed by atoms with van der Waals surface area (Å²) in [7, 11) is 2.98. The number of halogens is 1. The molecule has 0 bridgehead atoms. The monoisotopic (exact) mass is 426 g/mol. The molecule has 0 saturated heterocycles. The zero-order chi connectivity index (χ0) is 21.4. The van der Waals surface area contributed by atoms with Gasteiger partial charge >= 0.3 is 11.7 Å². The minimum atomic E-state index is -0.475. The van der Waals surface area contributed by atoms with Gasteiger partial charge in [0.25, 0.3) is 5.56 Å². The fraction of sp³-hybridized carbons (Fsp3) is 0.190. The van der Waals surface area contributed by atoms with Crippen molar-refractivity contribution in [3.8, 4) is 11.8 Å². The molecule has 8 nitrogen and oxygen atoms in total. The van der Waals surface area contributed by atoms with Gasteiger partial charge in [-0.2, -0.15) is 4.98 Å². The Hall–Kier alpha value is -3.36. The molecule has 0 aliphatic rings. The third-order valence-electron chi connectivity index (χ3n) is 4.86. The highest BCUT2D eigenvalue weighted by Crippen LogP contribution is 2.26. The molecule has 30 heavy (non-hydrogen) atoms. The maximum absolute atomic E-state index is 12.9. The minimum Gasteiger partial charge on any atom is -0.425 e. The summed E-state index contributed by atoms with van der Waals surface area (Å²) < 4.78 is 9.96. The molecule has 154 valence electrons. The number of nitrogens with zero attached hydrogens (tertiary/aromatic N) is 4. The Morgan fingerprint density at radius 3 is 2.47 bits per heavy atom. The van der Waals surface area contributed by atoms with Crippen molar-refractivity contribution in [1.29, 1.82) is 0 Å². The van der Waals surface area contributed by atoms with E-state index in [0.717, 1.165) is 10.1 Å². The quantitative estimate of drug-likeness (QED) is 0.529. The average Bonchev–Trinajstić information content (AvgIpc) is 3.10. The van der Waals surface area contributed by atoms with E-state index in [1.165, 1.54) is 11.6 Å². The summed E-state index contributed by atoms with van der Waals surface area (Å²) in [5.41, 5.74) is 1.10. The maximum Gasteiger partial charge on any atom is 0.332 e. The molecule has 1 N–H and O–H groups in total. The smallest absolute Gasteiger partial charge is 0.332 e. The largest absolute Gasteiger partial charge is 0.425 e. The fourth-order valence-corrected chi connectivity index (χ4v) is 3.36. The number of aliphatic hydroxyl groups excluding tert-OH is 1. The van der Waals surface area contributed by atoms with Crippen molar-refractivity contribution < 1.29 is 9.84 Å². The second kappa shape index (κ2) is 7.81. The van der Waals surface area contributed by atoms with Crippen molar-refractivity contribution in [1.82, 2.24) is 18.7 Å². The van der Waals surface area contributed by atoms with Crippen LogP contribution < -0.4 is 16.0 Å². The predicted octanol–water partition coefficient (Wildman–Crippen LogP) is 2.42. The van der Waals surface area contributed by atoms with E-state index in [2.05, 4.69) is 4.98 Å². The zero-order valence-corrected chi connectivity index (χ0v) is 17.1. The van der Waals surface area contributed by atoms with Crippen LogP contribution in [0.4, 0.5) is 0 Å². The number of hydrogen-bond donors (Lipinski definition) is 1. The molecule has 0 aliphatic heterocycles. The summed E-state index contributed by atoms with van der Waals surface area (Å²) in [5.74, 6) is 0.455. The van der Waals surface area contributed by atoms with Crippen LogP contribution in [0.2, 0.25) is 5.02 Å². The minimum absolute atomic E-state index is 0.132. The van der Waals surface area contributed by atoms with E-state index < -0.39 is 11.2 Å². The Morgan fingerprint density at radius 2 is 1.77 bits per heavy atom. The first kappa shape index (κ1) is 19.9. The molecule has 9 heteroatoms. The molecular weight excluding hydrogens is 408 g/mol. The number of imidazole rings is 1. The molecule has 0 radical (unpaired) electrons. The van der Waals surface area contributed by atoms with Gasteiger partial charge in [0.05, 0.1) is 13.2 Å². The number of benzene rings is 2. The van der Waals surface area contributed by atoms with Gasteiger partial charge < -0.3 is 9.84 Å². The van der Waals surface area contributed by atoms with Crippen LogP contribution in [0.3, 0.4) is 0 Å². The number of aromatic nitrogens is 4. The Kier molecular flexibility index (Phi) is 5.19. The third kappa shape index (κ3) is 3.51. The molecule has 2 aromatic carbocycles. The van der Waals surface area contributed by atoms with Crippen molar-refractivity contribution in [2.45, 2.75) is 13.2 Å². The lowest BCUT2D eigenvalue weighted by molar-refractivity contribution is 0.281. The molecule has 0 amide bonds. The average molecular weight is 427 g/mol. The van der Waals surface area contributed by atoms with Gasteiger partial charge in [0.1, 0.15) is 5.75 Å². The number of hydrogen-bond acceptors (Lipinski definition) is 5. The molecule has 0 spiro atoms. The zero-order valence-electron chi connectivity index (χ0n) is 16.4. The van der Waals surface area contributed by atoms with Gasteiger partial charge in [0.15, 0.2) is 11.2 Å². The molecule has 0 fully saturated rings. The summed E-state index contributed by atoms with van der Waals surface area (Å²) in [5, 5.41) is 9.98. The number of aryl methyl sites for hydroxylation is 1. The summed E-state index contributed by atoms with van der Waals surface area (Å²) >= 11 is 5.98. The van der Waals surface area contributed by atoms with E-state index >= 15 is 0 Å². The van der Waals surface area contributed by atoms with E-state index in [-0.39, 0.29) is 30.3 Å². The van der Waals surface area contributed by atoms with Gasteiger partial charge in [-0.15, -0.1) is 0 Å². The van der Waals surface area contributed by atoms with Crippen LogP contribution in [0, 0.1) is 0 Å². The van der Waals surface area contributed by atoms with Gasteiger partial charge in [-0.05, 0) is 35.4 Å². The lowest BCUT2D eigenvalue weighted by Crippen LogP contribution is -2.37. The van der Waals surface area contributed by atoms with Gasteiger partial charge in [0, 0.05) is 19.1 Å². The molecular formula is C21H19ClN4O4. The molecule has 2 aromatic heterocycles. The highest BCUT2D eigenvalue weighted by molar-refractivity contribution is 6.30. The van der Waals surface area contributed by atoms with Crippen molar-refractivity contribution in [3.05, 3.63) is 85.5 Å². The molecule has 4 rings (SSSR count). The van der Waals surface area contributed by atoms with Crippen LogP contribution in [0.1, 0.15) is 11.1 Å². The van der Waals surface area contributed by atoms with Gasteiger partial charge in [-0.25, -0.2) is 4.79 Å². The summed E-state index contributed by atoms with van der Waals surface area (Å²) in [6.45, 7) is 0.156. The molecule has 0 aliphatic carbocycles. The summed E-state index contributed by atoms with van der Waals surface area (Å²) in [4.78, 5) is 29.7. The van der Waals surface area contributed by atoms with E-state index in [1.807, 2.05) is 12.1 Å². The van der Waals surface area contributed by atoms with Gasteiger partial charge in [0.2, 0.25) is 0 Å². The molecule has 0 atom stereocenters. The van der Waals surface area contributed by atoms with Crippen LogP contribution in [-0.4, -0.2) is 23.8 Å². The number of rotatable bonds is 5. The highest BCUT2D eigenvalue weighted by Gasteiger charge is 2.21. The fourth-order valence-electron chi connectivity index (χ4n) is 3.24. The van der Waals surface area contributed by atoms with Crippen LogP contribution in [0.5, 0.6) is 11.8 Å². The number of aliphatic hydroxyl groups is 1. The molecule has 4 aromatic rings. The first-order chi connectivity index (χ1) is 14.4. The SMILES string of the molecule is Cn1c(=O)c2c(nc(Oc3cccc(CO)c3)n2Cc2ccc(Cl)cc2)n(C)c1=O. The molecule has 0 unspecified atom stereocenters. The number of ether oxygens (including phenoxy) is 1. The Balaban J connectivity index is 1.92. The van der Waals surface area contributed by atoms with E-state index in [0.29, 0.717) is 16.3 Å². The molecule has 2 heterocycles. The van der Waals surface area contributed by atoms with Gasteiger partial charge in [-0.1, -0.05) is 35.9 Å². The standard InChI is InChI=1S/C21H19ClN4O4/c1-24-18-17(19(28)25(2)21(24)29)26(11-13-6-8-15(22)9-7-13)20(23-18)30-16-5-3-4-14(10-16)12-27/h3-10,27H,11-12H2,1-2H3. The van der Waals surface area contributed by atoms with Crippen molar-refractivity contribution in [2.75, 3.05) is 0 Å². The maximum atomic E-state index is 12.9. The summed E-state index contributed by atoms with van der Waals surface area (Å²) in [6, 6.07) is 14.3. The highest BCUT2D eigenvalue weighted by atomic mass is 35.5. The van der Waals surface area contributed by atoms with Crippen LogP contribution >= 0.6 is 11.6 Å². The Labute approximate surface area is 176 Å². The van der Waals surface area contributed by atoms with Gasteiger partial charge in [-0.3, -0.25) is 18.5 Å². The second-order valence-electron chi connectivity index (χ2n) is 6.89. The van der Waals surface area contributed by atoms with E-state index in [1.54, 1.807) is 48.0 Å². The third-order valence-corrected chi connectivity index (χ3v) is 5.11. The summed E-state index contributed by atoms with van der Waals surface area (Å²) in [6.07, 6.45) is 0. The lowest BCUT2D eigenvalue weighted by Gasteiger charge is -2.11. The van der Waals surface area contributed by atoms with Crippen molar-refractivity contribution >= 4 is 22.8 Å². The van der Waals surface area contributed by atoms with Crippen molar-refractivity contribution in [3.63, 3.8) is 0 Å². The van der Waals surface area contributed by atoms with E-state index in [4.69, 9.17) is 16.3 Å². The van der Waals surface area contributed by atoms with E-state index in [9.17, 15) is 14.7 Å². The van der Waals surface area contributed by atoms with Crippen LogP contribution in [-0.2, 0) is 27.2 Å². The second-order valence-corrected chi connectivity index (χ2v) is 7.33. The predicted molar refractivity (Wildman–Crippen MR) is 113 cm³/mol. The van der Waals surface area contributed by atoms with Crippen LogP contribution in [0.15, 0.2) is 58.1 Å². The normalized spacial score (nSPS) is 11.2. The first-order valence-corrected chi connectivity index (χ1v) is 9.55. The number of fused-ring (bicyclic) bond motifs is 1. The Bertz CT molecular complexity index is 1350. The molecule has 0 saturated carbocycles. The Morgan fingerprint density at radius 1 is 1.03 bits per heavy atom. The lowest BCUT2D eigenvalue weighted by atomic mass is 10.2. The topological polar surface area (TPSA) is 91.3 Å². The van der Waals surface area contributed by atoms with Crippen molar-refractivity contribution in [2.24, 2.45) is 14.1 Å². The first-order valence-electron chi connectivity index (χ1n) is 9.17. The van der Waals surface area contributed by atoms with Crippen LogP contribution in [0.25, 0.3) is 11.2 Å².